The lowest BCUT2D eigenvalue weighted by Gasteiger charge is -2.06. The molecule has 1 saturated heterocycles. The van der Waals surface area contributed by atoms with E-state index in [2.05, 4.69) is 11.9 Å². The van der Waals surface area contributed by atoms with Crippen LogP contribution in [-0.4, -0.2) is 18.7 Å². The number of hydrogen-bond donors (Lipinski definition) is 1. The molecule has 1 aliphatic heterocycles. The van der Waals surface area contributed by atoms with Gasteiger partial charge in [-0.15, -0.1) is 0 Å². The number of carbonyl (C=O) groups is 1. The molecule has 0 bridgehead atoms. The van der Waals surface area contributed by atoms with Crippen LogP contribution in [0.15, 0.2) is 36.5 Å². The molecule has 1 rings (SSSR count). The minimum Gasteiger partial charge on any atom is -0.447 e. The normalized spacial score (nSPS) is 21.5. The van der Waals surface area contributed by atoms with Gasteiger partial charge >= 0.3 is 6.09 Å². The van der Waals surface area contributed by atoms with Crippen LogP contribution in [0.1, 0.15) is 19.8 Å². The minimum absolute atomic E-state index is 0.145. The molecule has 82 valence electrons. The van der Waals surface area contributed by atoms with Gasteiger partial charge in [-0.05, 0) is 25.3 Å². The van der Waals surface area contributed by atoms with Crippen molar-refractivity contribution in [2.45, 2.75) is 25.8 Å². The summed E-state index contributed by atoms with van der Waals surface area (Å²) >= 11 is 0. The average Bonchev–Trinajstić information content (AvgIpc) is 2.65. The van der Waals surface area contributed by atoms with Gasteiger partial charge in [0.25, 0.3) is 0 Å². The van der Waals surface area contributed by atoms with Crippen LogP contribution < -0.4 is 5.32 Å². The van der Waals surface area contributed by atoms with Crippen molar-refractivity contribution in [2.75, 3.05) is 6.61 Å². The van der Waals surface area contributed by atoms with Crippen molar-refractivity contribution in [3.8, 4) is 0 Å². The summed E-state index contributed by atoms with van der Waals surface area (Å²) in [6.45, 7) is 6.21. The standard InChI is InChI=1S/C12H17NO2/c1-3-5-6-10(4-2)7-8-11-9-15-12(14)13-11/h3-6,11H,2,7-9H2,1H3,(H,13,14)/b5-3-,10-6+. The molecule has 1 atom stereocenters. The third-order valence-corrected chi connectivity index (χ3v) is 2.28. The van der Waals surface area contributed by atoms with Crippen molar-refractivity contribution in [1.29, 1.82) is 0 Å². The van der Waals surface area contributed by atoms with Gasteiger partial charge < -0.3 is 10.1 Å². The first kappa shape index (κ1) is 11.6. The summed E-state index contributed by atoms with van der Waals surface area (Å²) in [5.41, 5.74) is 1.18. The van der Waals surface area contributed by atoms with Crippen LogP contribution in [-0.2, 0) is 4.74 Å². The fourth-order valence-electron chi connectivity index (χ4n) is 1.40. The monoisotopic (exact) mass is 207 g/mol. The van der Waals surface area contributed by atoms with Crippen LogP contribution in [0, 0.1) is 0 Å². The number of alkyl carbamates (subject to hydrolysis) is 1. The van der Waals surface area contributed by atoms with Gasteiger partial charge in [-0.2, -0.15) is 0 Å². The molecule has 15 heavy (non-hydrogen) atoms. The Hall–Kier alpha value is -1.51. The van der Waals surface area contributed by atoms with Gasteiger partial charge in [-0.1, -0.05) is 30.9 Å². The van der Waals surface area contributed by atoms with E-state index in [1.54, 1.807) is 0 Å². The maximum absolute atomic E-state index is 10.8. The van der Waals surface area contributed by atoms with Crippen LogP contribution >= 0.6 is 0 Å². The van der Waals surface area contributed by atoms with Gasteiger partial charge in [0.2, 0.25) is 0 Å². The number of cyclic esters (lactones) is 1. The zero-order valence-corrected chi connectivity index (χ0v) is 9.03. The smallest absolute Gasteiger partial charge is 0.407 e. The van der Waals surface area contributed by atoms with Crippen LogP contribution in [0.25, 0.3) is 0 Å². The van der Waals surface area contributed by atoms with Crippen molar-refractivity contribution in [3.63, 3.8) is 0 Å². The number of hydrogen-bond acceptors (Lipinski definition) is 2. The topological polar surface area (TPSA) is 38.3 Å². The fraction of sp³-hybridized carbons (Fsp3) is 0.417. The SMILES string of the molecule is C=C/C(=C\C=C/C)CCC1COC(=O)N1. The van der Waals surface area contributed by atoms with Crippen molar-refractivity contribution in [1.82, 2.24) is 5.32 Å². The predicted octanol–water partition coefficient (Wildman–Crippen LogP) is 2.56. The Morgan fingerprint density at radius 1 is 1.73 bits per heavy atom. The van der Waals surface area contributed by atoms with Gasteiger partial charge in [-0.25, -0.2) is 4.79 Å². The number of carbonyl (C=O) groups excluding carboxylic acids is 1. The second-order valence-corrected chi connectivity index (χ2v) is 3.45. The Kier molecular flexibility index (Phi) is 4.68. The maximum atomic E-state index is 10.8. The van der Waals surface area contributed by atoms with Gasteiger partial charge in [0, 0.05) is 0 Å². The zero-order valence-electron chi connectivity index (χ0n) is 9.03. The van der Waals surface area contributed by atoms with Crippen molar-refractivity contribution in [3.05, 3.63) is 36.5 Å². The Morgan fingerprint density at radius 3 is 3.07 bits per heavy atom. The summed E-state index contributed by atoms with van der Waals surface area (Å²) in [6.07, 6.45) is 9.33. The first-order chi connectivity index (χ1) is 7.26. The third-order valence-electron chi connectivity index (χ3n) is 2.28. The molecular weight excluding hydrogens is 190 g/mol. The van der Waals surface area contributed by atoms with Crippen molar-refractivity contribution >= 4 is 6.09 Å². The zero-order chi connectivity index (χ0) is 11.1. The molecule has 3 nitrogen and oxygen atoms in total. The molecule has 1 unspecified atom stereocenters. The molecule has 0 aromatic heterocycles. The van der Waals surface area contributed by atoms with Crippen LogP contribution in [0.2, 0.25) is 0 Å². The molecule has 0 radical (unpaired) electrons. The number of nitrogens with one attached hydrogen (secondary N) is 1. The number of rotatable bonds is 5. The number of amides is 1. The minimum atomic E-state index is -0.308. The lowest BCUT2D eigenvalue weighted by molar-refractivity contribution is 0.176. The second-order valence-electron chi connectivity index (χ2n) is 3.45. The second kappa shape index (κ2) is 6.06. The van der Waals surface area contributed by atoms with Gasteiger partial charge in [0.05, 0.1) is 6.04 Å². The number of allylic oxidation sites excluding steroid dienone is 5. The molecule has 1 heterocycles. The molecule has 1 amide bonds. The molecule has 0 aromatic carbocycles. The summed E-state index contributed by atoms with van der Waals surface area (Å²) in [5.74, 6) is 0. The molecule has 0 aromatic rings. The maximum Gasteiger partial charge on any atom is 0.407 e. The third kappa shape index (κ3) is 4.02. The molecule has 1 fully saturated rings. The van der Waals surface area contributed by atoms with Crippen LogP contribution in [0.4, 0.5) is 4.79 Å². The highest BCUT2D eigenvalue weighted by atomic mass is 16.6. The summed E-state index contributed by atoms with van der Waals surface area (Å²) in [6, 6.07) is 0.145. The van der Waals surface area contributed by atoms with E-state index < -0.39 is 0 Å². The largest absolute Gasteiger partial charge is 0.447 e. The highest BCUT2D eigenvalue weighted by Crippen LogP contribution is 2.12. The molecule has 1 aliphatic rings. The molecule has 1 N–H and O–H groups in total. The molecule has 3 heteroatoms. The van der Waals surface area contributed by atoms with Crippen molar-refractivity contribution < 1.29 is 9.53 Å². The van der Waals surface area contributed by atoms with Gasteiger partial charge in [0.1, 0.15) is 6.61 Å². The van der Waals surface area contributed by atoms with E-state index in [0.29, 0.717) is 6.61 Å². The molecular formula is C12H17NO2. The van der Waals surface area contributed by atoms with E-state index in [1.165, 1.54) is 5.57 Å². The predicted molar refractivity (Wildman–Crippen MR) is 60.6 cm³/mol. The summed E-state index contributed by atoms with van der Waals surface area (Å²) < 4.78 is 4.80. The summed E-state index contributed by atoms with van der Waals surface area (Å²) in [5, 5.41) is 2.75. The highest BCUT2D eigenvalue weighted by molar-refractivity contribution is 5.69. The Bertz CT molecular complexity index is 292. The van der Waals surface area contributed by atoms with Crippen LogP contribution in [0.3, 0.4) is 0 Å². The quantitative estimate of drug-likeness (QED) is 0.703. The average molecular weight is 207 g/mol. The van der Waals surface area contributed by atoms with Gasteiger partial charge in [0.15, 0.2) is 0 Å². The lowest BCUT2D eigenvalue weighted by atomic mass is 10.1. The Labute approximate surface area is 90.5 Å². The Morgan fingerprint density at radius 2 is 2.53 bits per heavy atom. The summed E-state index contributed by atoms with van der Waals surface area (Å²) in [4.78, 5) is 10.8. The lowest BCUT2D eigenvalue weighted by Crippen LogP contribution is -2.25. The molecule has 0 saturated carbocycles. The van der Waals surface area contributed by atoms with Crippen LogP contribution in [0.5, 0.6) is 0 Å². The van der Waals surface area contributed by atoms with E-state index >= 15 is 0 Å². The Balaban J connectivity index is 2.34. The fourth-order valence-corrected chi connectivity index (χ4v) is 1.40. The first-order valence-corrected chi connectivity index (χ1v) is 5.14. The number of ether oxygens (including phenoxy) is 1. The summed E-state index contributed by atoms with van der Waals surface area (Å²) in [7, 11) is 0. The van der Waals surface area contributed by atoms with E-state index in [0.717, 1.165) is 12.8 Å². The molecule has 0 aliphatic carbocycles. The van der Waals surface area contributed by atoms with E-state index in [1.807, 2.05) is 31.2 Å². The van der Waals surface area contributed by atoms with E-state index in [-0.39, 0.29) is 12.1 Å². The van der Waals surface area contributed by atoms with Crippen molar-refractivity contribution in [2.24, 2.45) is 0 Å². The highest BCUT2D eigenvalue weighted by Gasteiger charge is 2.21. The van der Waals surface area contributed by atoms with Gasteiger partial charge in [-0.3, -0.25) is 0 Å². The molecule has 0 spiro atoms. The van der Waals surface area contributed by atoms with E-state index in [9.17, 15) is 4.79 Å². The van der Waals surface area contributed by atoms with E-state index in [4.69, 9.17) is 4.74 Å². The first-order valence-electron chi connectivity index (χ1n) is 5.14.